The molecule has 0 spiro atoms. The van der Waals surface area contributed by atoms with Crippen molar-refractivity contribution in [2.24, 2.45) is 13.0 Å². The van der Waals surface area contributed by atoms with Gasteiger partial charge in [-0.3, -0.25) is 4.79 Å². The molecule has 1 aromatic heterocycles. The molecule has 6 nitrogen and oxygen atoms in total. The number of rotatable bonds is 5. The largest absolute Gasteiger partial charge is 0.337 e. The average molecular weight is 299 g/mol. The average Bonchev–Trinajstić information content (AvgIpc) is 2.94. The van der Waals surface area contributed by atoms with Gasteiger partial charge in [-0.05, 0) is 12.8 Å². The van der Waals surface area contributed by atoms with Crippen LogP contribution in [0.2, 0.25) is 0 Å². The maximum absolute atomic E-state index is 12.5. The van der Waals surface area contributed by atoms with Crippen LogP contribution in [0.25, 0.3) is 0 Å². The minimum absolute atomic E-state index is 0.00733. The van der Waals surface area contributed by atoms with Crippen molar-refractivity contribution >= 4 is 15.7 Å². The molecule has 0 radical (unpaired) electrons. The zero-order valence-corrected chi connectivity index (χ0v) is 12.8. The first kappa shape index (κ1) is 15.0. The Labute approximate surface area is 119 Å². The van der Waals surface area contributed by atoms with Crippen molar-refractivity contribution in [1.82, 2.24) is 14.5 Å². The lowest BCUT2D eigenvalue weighted by Gasteiger charge is -2.24. The van der Waals surface area contributed by atoms with Crippen LogP contribution in [0.4, 0.5) is 0 Å². The lowest BCUT2D eigenvalue weighted by atomic mass is 10.1. The summed E-state index contributed by atoms with van der Waals surface area (Å²) < 4.78 is 24.9. The molecule has 2 heterocycles. The highest BCUT2D eigenvalue weighted by Gasteiger charge is 2.35. The molecule has 1 aromatic rings. The second-order valence-electron chi connectivity index (χ2n) is 5.31. The summed E-state index contributed by atoms with van der Waals surface area (Å²) in [4.78, 5) is 18.4. The number of aryl methyl sites for hydroxylation is 1. The van der Waals surface area contributed by atoms with Crippen LogP contribution in [0.1, 0.15) is 25.6 Å². The van der Waals surface area contributed by atoms with E-state index < -0.39 is 9.84 Å². The van der Waals surface area contributed by atoms with Crippen LogP contribution in [0.5, 0.6) is 0 Å². The molecular formula is C13H21N3O3S. The molecule has 0 aromatic carbocycles. The first-order chi connectivity index (χ1) is 9.43. The van der Waals surface area contributed by atoms with Crippen molar-refractivity contribution < 1.29 is 13.2 Å². The molecule has 2 rings (SSSR count). The lowest BCUT2D eigenvalue weighted by molar-refractivity contribution is -0.135. The molecule has 0 N–H and O–H groups in total. The number of carbonyl (C=O) groups is 1. The van der Waals surface area contributed by atoms with Crippen LogP contribution in [0.15, 0.2) is 12.4 Å². The van der Waals surface area contributed by atoms with Crippen LogP contribution < -0.4 is 0 Å². The van der Waals surface area contributed by atoms with Gasteiger partial charge in [0.15, 0.2) is 9.84 Å². The monoisotopic (exact) mass is 299 g/mol. The standard InChI is InChI=1S/C13H21N3O3S/c1-3-6-16(9-12-14-5-7-15(12)2)13(17)11-4-8-20(18,19)10-11/h5,7,11H,3-4,6,8-10H2,1-2H3/t11-/m0/s1. The molecule has 1 fully saturated rings. The molecule has 1 aliphatic rings. The second-order valence-corrected chi connectivity index (χ2v) is 7.54. The maximum atomic E-state index is 12.5. The molecule has 0 unspecified atom stereocenters. The van der Waals surface area contributed by atoms with E-state index in [0.717, 1.165) is 12.2 Å². The Kier molecular flexibility index (Phi) is 4.47. The third-order valence-corrected chi connectivity index (χ3v) is 5.41. The minimum Gasteiger partial charge on any atom is -0.337 e. The SMILES string of the molecule is CCCN(Cc1nccn1C)C(=O)[C@H]1CCS(=O)(=O)C1. The van der Waals surface area contributed by atoms with E-state index in [9.17, 15) is 13.2 Å². The molecule has 112 valence electrons. The molecule has 20 heavy (non-hydrogen) atoms. The summed E-state index contributed by atoms with van der Waals surface area (Å²) in [6.45, 7) is 3.07. The van der Waals surface area contributed by atoms with E-state index in [2.05, 4.69) is 4.98 Å². The van der Waals surface area contributed by atoms with Gasteiger partial charge < -0.3 is 9.47 Å². The highest BCUT2D eigenvalue weighted by Crippen LogP contribution is 2.21. The van der Waals surface area contributed by atoms with Gasteiger partial charge in [0, 0.05) is 26.0 Å². The number of aromatic nitrogens is 2. The van der Waals surface area contributed by atoms with Gasteiger partial charge in [-0.25, -0.2) is 13.4 Å². The summed E-state index contributed by atoms with van der Waals surface area (Å²) in [6, 6.07) is 0. The van der Waals surface area contributed by atoms with E-state index in [1.54, 1.807) is 11.1 Å². The van der Waals surface area contributed by atoms with E-state index in [1.807, 2.05) is 24.7 Å². The number of carbonyl (C=O) groups excluding carboxylic acids is 1. The van der Waals surface area contributed by atoms with Gasteiger partial charge in [-0.2, -0.15) is 0 Å². The molecule has 1 atom stereocenters. The Bertz CT molecular complexity index is 579. The van der Waals surface area contributed by atoms with Crippen molar-refractivity contribution in [1.29, 1.82) is 0 Å². The van der Waals surface area contributed by atoms with E-state index in [4.69, 9.17) is 0 Å². The number of nitrogens with zero attached hydrogens (tertiary/aromatic N) is 3. The number of hydrogen-bond acceptors (Lipinski definition) is 4. The number of hydrogen-bond donors (Lipinski definition) is 0. The van der Waals surface area contributed by atoms with Crippen LogP contribution in [0, 0.1) is 5.92 Å². The summed E-state index contributed by atoms with van der Waals surface area (Å²) in [5.74, 6) is 0.494. The van der Waals surface area contributed by atoms with Crippen LogP contribution in [-0.2, 0) is 28.2 Å². The fourth-order valence-corrected chi connectivity index (χ4v) is 4.24. The first-order valence-electron chi connectivity index (χ1n) is 6.88. The van der Waals surface area contributed by atoms with Crippen LogP contribution in [-0.4, -0.2) is 46.8 Å². The predicted octanol–water partition coefficient (Wildman–Crippen LogP) is 0.593. The maximum Gasteiger partial charge on any atom is 0.227 e. The summed E-state index contributed by atoms with van der Waals surface area (Å²) in [7, 11) is -1.14. The van der Waals surface area contributed by atoms with E-state index in [-0.39, 0.29) is 23.3 Å². The second kappa shape index (κ2) is 5.95. The Hall–Kier alpha value is -1.37. The normalized spacial score (nSPS) is 21.0. The van der Waals surface area contributed by atoms with Crippen molar-refractivity contribution in [3.05, 3.63) is 18.2 Å². The summed E-state index contributed by atoms with van der Waals surface area (Å²) in [5.41, 5.74) is 0. The van der Waals surface area contributed by atoms with Gasteiger partial charge >= 0.3 is 0 Å². The fourth-order valence-electron chi connectivity index (χ4n) is 2.50. The van der Waals surface area contributed by atoms with Crippen molar-refractivity contribution in [2.75, 3.05) is 18.1 Å². The van der Waals surface area contributed by atoms with Crippen LogP contribution >= 0.6 is 0 Å². The third kappa shape index (κ3) is 3.39. The van der Waals surface area contributed by atoms with Gasteiger partial charge in [-0.1, -0.05) is 6.92 Å². The quantitative estimate of drug-likeness (QED) is 0.798. The van der Waals surface area contributed by atoms with Crippen molar-refractivity contribution in [3.8, 4) is 0 Å². The van der Waals surface area contributed by atoms with Crippen molar-refractivity contribution in [3.63, 3.8) is 0 Å². The van der Waals surface area contributed by atoms with Crippen molar-refractivity contribution in [2.45, 2.75) is 26.3 Å². The smallest absolute Gasteiger partial charge is 0.227 e. The Morgan fingerprint density at radius 3 is 2.80 bits per heavy atom. The van der Waals surface area contributed by atoms with E-state index >= 15 is 0 Å². The predicted molar refractivity (Wildman–Crippen MR) is 75.7 cm³/mol. The fraction of sp³-hybridized carbons (Fsp3) is 0.692. The minimum atomic E-state index is -3.03. The summed E-state index contributed by atoms with van der Waals surface area (Å²) >= 11 is 0. The number of sulfone groups is 1. The summed E-state index contributed by atoms with van der Waals surface area (Å²) in [5, 5.41) is 0. The molecule has 0 bridgehead atoms. The highest BCUT2D eigenvalue weighted by atomic mass is 32.2. The lowest BCUT2D eigenvalue weighted by Crippen LogP contribution is -2.37. The van der Waals surface area contributed by atoms with E-state index in [1.165, 1.54) is 0 Å². The molecule has 1 amide bonds. The Balaban J connectivity index is 2.08. The van der Waals surface area contributed by atoms with E-state index in [0.29, 0.717) is 19.5 Å². The molecule has 0 saturated carbocycles. The molecule has 1 saturated heterocycles. The Morgan fingerprint density at radius 1 is 1.55 bits per heavy atom. The zero-order valence-electron chi connectivity index (χ0n) is 11.9. The third-order valence-electron chi connectivity index (χ3n) is 3.64. The van der Waals surface area contributed by atoms with Gasteiger partial charge in [0.05, 0.1) is 24.0 Å². The molecule has 0 aliphatic carbocycles. The molecular weight excluding hydrogens is 278 g/mol. The first-order valence-corrected chi connectivity index (χ1v) is 8.70. The zero-order chi connectivity index (χ0) is 14.8. The number of amides is 1. The Morgan fingerprint density at radius 2 is 2.30 bits per heavy atom. The van der Waals surface area contributed by atoms with Gasteiger partial charge in [0.25, 0.3) is 0 Å². The highest BCUT2D eigenvalue weighted by molar-refractivity contribution is 7.91. The molecule has 1 aliphatic heterocycles. The summed E-state index contributed by atoms with van der Waals surface area (Å²) in [6.07, 6.45) is 4.82. The molecule has 7 heteroatoms. The van der Waals surface area contributed by atoms with Crippen LogP contribution in [0.3, 0.4) is 0 Å². The van der Waals surface area contributed by atoms with Gasteiger partial charge in [0.1, 0.15) is 5.82 Å². The van der Waals surface area contributed by atoms with Gasteiger partial charge in [0.2, 0.25) is 5.91 Å². The number of imidazole rings is 1. The topological polar surface area (TPSA) is 72.3 Å². The van der Waals surface area contributed by atoms with Gasteiger partial charge in [-0.15, -0.1) is 0 Å².